The van der Waals surface area contributed by atoms with E-state index in [0.717, 1.165) is 16.8 Å². The molecular weight excluding hydrogens is 362 g/mol. The molecule has 1 N–H and O–H groups in total. The topological polar surface area (TPSA) is 85.8 Å². The Balaban J connectivity index is 1.57. The van der Waals surface area contributed by atoms with Gasteiger partial charge in [0.2, 0.25) is 5.91 Å². The van der Waals surface area contributed by atoms with Crippen molar-refractivity contribution in [1.82, 2.24) is 19.9 Å². The first-order valence-electron chi connectivity index (χ1n) is 8.18. The van der Waals surface area contributed by atoms with Crippen molar-refractivity contribution in [3.63, 3.8) is 0 Å². The van der Waals surface area contributed by atoms with Gasteiger partial charge in [-0.2, -0.15) is 0 Å². The summed E-state index contributed by atoms with van der Waals surface area (Å²) < 4.78 is 7.37. The maximum atomic E-state index is 12.0. The summed E-state index contributed by atoms with van der Waals surface area (Å²) in [6, 6.07) is 19.6. The van der Waals surface area contributed by atoms with Crippen molar-refractivity contribution >= 4 is 17.7 Å². The van der Waals surface area contributed by atoms with Gasteiger partial charge in [-0.15, -0.1) is 10.2 Å². The molecule has 0 saturated heterocycles. The predicted molar refractivity (Wildman–Crippen MR) is 102 cm³/mol. The predicted octanol–water partition coefficient (Wildman–Crippen LogP) is 3.46. The molecule has 0 spiro atoms. The van der Waals surface area contributed by atoms with E-state index in [0.29, 0.717) is 11.0 Å². The molecule has 7 nitrogen and oxygen atoms in total. The third kappa shape index (κ3) is 4.06. The van der Waals surface area contributed by atoms with Gasteiger partial charge in [0.25, 0.3) is 5.22 Å². The van der Waals surface area contributed by atoms with Crippen LogP contribution in [0.1, 0.15) is 0 Å². The number of amides is 1. The first kappa shape index (κ1) is 17.0. The number of hydrogen-bond acceptors (Lipinski definition) is 6. The highest BCUT2D eigenvalue weighted by Gasteiger charge is 2.18. The number of aromatic nitrogens is 4. The molecular formula is C19H15N5O2S. The fourth-order valence-electron chi connectivity index (χ4n) is 2.50. The molecule has 8 heteroatoms. The molecule has 0 radical (unpaired) electrons. The van der Waals surface area contributed by atoms with Crippen LogP contribution in [0.15, 0.2) is 83.0 Å². The standard InChI is InChI=1S/C19H15N5O2S/c25-16(23-24-12-20-21-13-24)11-27-19-22-17(14-7-3-1-4-8-14)18(26-19)15-9-5-2-6-10-15/h1-10,12-13H,11H2,(H,23,25). The number of nitrogens with zero attached hydrogens (tertiary/aromatic N) is 4. The van der Waals surface area contributed by atoms with Gasteiger partial charge in [-0.25, -0.2) is 9.66 Å². The summed E-state index contributed by atoms with van der Waals surface area (Å²) >= 11 is 1.23. The van der Waals surface area contributed by atoms with Crippen LogP contribution in [0.25, 0.3) is 22.6 Å². The highest BCUT2D eigenvalue weighted by molar-refractivity contribution is 7.99. The lowest BCUT2D eigenvalue weighted by molar-refractivity contribution is -0.114. The van der Waals surface area contributed by atoms with Crippen LogP contribution in [0.5, 0.6) is 0 Å². The Morgan fingerprint density at radius 3 is 2.26 bits per heavy atom. The van der Waals surface area contributed by atoms with E-state index in [1.807, 2.05) is 60.7 Å². The first-order valence-corrected chi connectivity index (χ1v) is 9.17. The molecule has 2 heterocycles. The lowest BCUT2D eigenvalue weighted by atomic mass is 10.1. The highest BCUT2D eigenvalue weighted by Crippen LogP contribution is 2.35. The number of thioether (sulfide) groups is 1. The van der Waals surface area contributed by atoms with E-state index in [1.54, 1.807) is 0 Å². The molecule has 0 aliphatic rings. The molecule has 0 atom stereocenters. The van der Waals surface area contributed by atoms with E-state index in [4.69, 9.17) is 4.42 Å². The fourth-order valence-corrected chi connectivity index (χ4v) is 3.12. The molecule has 134 valence electrons. The second-order valence-electron chi connectivity index (χ2n) is 5.58. The SMILES string of the molecule is O=C(CSc1nc(-c2ccccc2)c(-c2ccccc2)o1)Nn1cnnc1. The van der Waals surface area contributed by atoms with E-state index in [-0.39, 0.29) is 11.7 Å². The van der Waals surface area contributed by atoms with Crippen LogP contribution in [0.4, 0.5) is 0 Å². The number of rotatable bonds is 6. The Hall–Kier alpha value is -3.39. The lowest BCUT2D eigenvalue weighted by Gasteiger charge is -2.02. The van der Waals surface area contributed by atoms with E-state index < -0.39 is 0 Å². The van der Waals surface area contributed by atoms with Crippen LogP contribution in [-0.2, 0) is 4.79 Å². The van der Waals surface area contributed by atoms with Gasteiger partial charge in [-0.05, 0) is 0 Å². The normalized spacial score (nSPS) is 10.7. The van der Waals surface area contributed by atoms with Crippen molar-refractivity contribution in [2.75, 3.05) is 11.2 Å². The molecule has 4 aromatic rings. The number of benzene rings is 2. The molecule has 0 fully saturated rings. The van der Waals surface area contributed by atoms with Crippen molar-refractivity contribution in [3.8, 4) is 22.6 Å². The maximum Gasteiger partial charge on any atom is 0.257 e. The van der Waals surface area contributed by atoms with Crippen molar-refractivity contribution in [2.24, 2.45) is 0 Å². The summed E-state index contributed by atoms with van der Waals surface area (Å²) in [5.74, 6) is 0.630. The van der Waals surface area contributed by atoms with Gasteiger partial charge in [-0.3, -0.25) is 10.2 Å². The second kappa shape index (κ2) is 7.88. The zero-order valence-electron chi connectivity index (χ0n) is 14.1. The molecule has 0 bridgehead atoms. The van der Waals surface area contributed by atoms with Gasteiger partial charge in [-0.1, -0.05) is 72.4 Å². The van der Waals surface area contributed by atoms with Crippen LogP contribution in [0, 0.1) is 0 Å². The molecule has 0 unspecified atom stereocenters. The number of oxazole rings is 1. The zero-order valence-corrected chi connectivity index (χ0v) is 15.0. The zero-order chi connectivity index (χ0) is 18.5. The molecule has 0 aliphatic carbocycles. The molecule has 0 saturated carbocycles. The summed E-state index contributed by atoms with van der Waals surface area (Å²) in [6.45, 7) is 0. The minimum Gasteiger partial charge on any atom is -0.431 e. The van der Waals surface area contributed by atoms with E-state index in [9.17, 15) is 4.79 Å². The van der Waals surface area contributed by atoms with E-state index in [2.05, 4.69) is 20.6 Å². The summed E-state index contributed by atoms with van der Waals surface area (Å²) in [4.78, 5) is 16.6. The van der Waals surface area contributed by atoms with Crippen LogP contribution in [0.2, 0.25) is 0 Å². The van der Waals surface area contributed by atoms with Gasteiger partial charge in [0, 0.05) is 11.1 Å². The van der Waals surface area contributed by atoms with Crippen molar-refractivity contribution in [2.45, 2.75) is 5.22 Å². The monoisotopic (exact) mass is 377 g/mol. The average Bonchev–Trinajstić information content (AvgIpc) is 3.38. The number of nitrogens with one attached hydrogen (secondary N) is 1. The fraction of sp³-hybridized carbons (Fsp3) is 0.0526. The minimum absolute atomic E-state index is 0.154. The van der Waals surface area contributed by atoms with Gasteiger partial charge >= 0.3 is 0 Å². The van der Waals surface area contributed by atoms with Gasteiger partial charge in [0.1, 0.15) is 18.3 Å². The quantitative estimate of drug-likeness (QED) is 0.518. The molecule has 27 heavy (non-hydrogen) atoms. The van der Waals surface area contributed by atoms with Gasteiger partial charge in [0.05, 0.1) is 5.75 Å². The largest absolute Gasteiger partial charge is 0.431 e. The van der Waals surface area contributed by atoms with Crippen molar-refractivity contribution < 1.29 is 9.21 Å². The molecule has 0 aliphatic heterocycles. The summed E-state index contributed by atoms with van der Waals surface area (Å²) in [5.41, 5.74) is 5.29. The second-order valence-corrected chi connectivity index (χ2v) is 6.51. The molecule has 4 rings (SSSR count). The smallest absolute Gasteiger partial charge is 0.257 e. The van der Waals surface area contributed by atoms with Crippen molar-refractivity contribution in [3.05, 3.63) is 73.3 Å². The third-order valence-corrected chi connectivity index (χ3v) is 4.52. The molecule has 2 aromatic heterocycles. The Labute approximate surface area is 159 Å². The Morgan fingerprint density at radius 1 is 0.963 bits per heavy atom. The van der Waals surface area contributed by atoms with Crippen LogP contribution < -0.4 is 5.43 Å². The Bertz CT molecular complexity index is 960. The van der Waals surface area contributed by atoms with Crippen molar-refractivity contribution in [1.29, 1.82) is 0 Å². The van der Waals surface area contributed by atoms with Gasteiger partial charge < -0.3 is 4.42 Å². The maximum absolute atomic E-state index is 12.0. The average molecular weight is 377 g/mol. The first-order chi connectivity index (χ1) is 13.3. The van der Waals surface area contributed by atoms with Crippen LogP contribution in [0.3, 0.4) is 0 Å². The Kier molecular flexibility index (Phi) is 4.97. The third-order valence-electron chi connectivity index (χ3n) is 3.69. The highest BCUT2D eigenvalue weighted by atomic mass is 32.2. The number of hydrogen-bond donors (Lipinski definition) is 1. The van der Waals surface area contributed by atoms with Crippen LogP contribution in [-0.4, -0.2) is 31.5 Å². The molecule has 2 aromatic carbocycles. The lowest BCUT2D eigenvalue weighted by Crippen LogP contribution is -2.23. The number of carbonyl (C=O) groups excluding carboxylic acids is 1. The van der Waals surface area contributed by atoms with Gasteiger partial charge in [0.15, 0.2) is 5.76 Å². The molecule has 1 amide bonds. The summed E-state index contributed by atoms with van der Waals surface area (Å²) in [5, 5.41) is 7.71. The summed E-state index contributed by atoms with van der Waals surface area (Å²) in [6.07, 6.45) is 2.82. The number of carbonyl (C=O) groups is 1. The Morgan fingerprint density at radius 2 is 1.59 bits per heavy atom. The van der Waals surface area contributed by atoms with Crippen LogP contribution >= 0.6 is 11.8 Å². The van der Waals surface area contributed by atoms with E-state index in [1.165, 1.54) is 29.1 Å². The van der Waals surface area contributed by atoms with E-state index >= 15 is 0 Å². The summed E-state index contributed by atoms with van der Waals surface area (Å²) in [7, 11) is 0. The minimum atomic E-state index is -0.208.